The first kappa shape index (κ1) is 12.3. The van der Waals surface area contributed by atoms with Gasteiger partial charge in [0.1, 0.15) is 5.69 Å². The van der Waals surface area contributed by atoms with Crippen molar-refractivity contribution in [2.45, 2.75) is 25.8 Å². The molecule has 0 bridgehead atoms. The van der Waals surface area contributed by atoms with Gasteiger partial charge in [-0.15, -0.1) is 0 Å². The monoisotopic (exact) mass is 249 g/mol. The molecule has 0 spiro atoms. The number of carbonyl (C=O) groups excluding carboxylic acids is 1. The van der Waals surface area contributed by atoms with Crippen molar-refractivity contribution in [1.82, 2.24) is 4.90 Å². The van der Waals surface area contributed by atoms with E-state index in [4.69, 9.17) is 5.73 Å². The summed E-state index contributed by atoms with van der Waals surface area (Å²) in [6.07, 6.45) is 1.99. The largest absolute Gasteiger partial charge is 0.393 e. The van der Waals surface area contributed by atoms with Crippen molar-refractivity contribution in [3.63, 3.8) is 0 Å². The van der Waals surface area contributed by atoms with Crippen LogP contribution in [0.4, 0.5) is 11.4 Å². The molecular formula is C12H15N3O3. The summed E-state index contributed by atoms with van der Waals surface area (Å²) in [5, 5.41) is 10.6. The predicted molar refractivity (Wildman–Crippen MR) is 67.2 cm³/mol. The van der Waals surface area contributed by atoms with Crippen molar-refractivity contribution in [2.75, 3.05) is 12.3 Å². The standard InChI is InChI=1S/C12H15N3O3/c1-8-3-2-6-14(8)12(16)9-4-5-11(15(17)18)10(13)7-9/h4-5,7-8H,2-3,6,13H2,1H3. The van der Waals surface area contributed by atoms with Gasteiger partial charge in [-0.1, -0.05) is 0 Å². The van der Waals surface area contributed by atoms with E-state index in [1.165, 1.54) is 18.2 Å². The topological polar surface area (TPSA) is 89.5 Å². The van der Waals surface area contributed by atoms with Crippen LogP contribution in [0.15, 0.2) is 18.2 Å². The minimum absolute atomic E-state index is 0.0256. The van der Waals surface area contributed by atoms with E-state index < -0.39 is 4.92 Å². The van der Waals surface area contributed by atoms with E-state index in [0.29, 0.717) is 5.56 Å². The van der Waals surface area contributed by atoms with Crippen molar-refractivity contribution in [3.05, 3.63) is 33.9 Å². The Hall–Kier alpha value is -2.11. The van der Waals surface area contributed by atoms with Gasteiger partial charge in [0.05, 0.1) is 4.92 Å². The quantitative estimate of drug-likeness (QED) is 0.491. The molecule has 0 aromatic heterocycles. The lowest BCUT2D eigenvalue weighted by Crippen LogP contribution is -2.33. The van der Waals surface area contributed by atoms with Gasteiger partial charge in [0.2, 0.25) is 0 Å². The first-order valence-corrected chi connectivity index (χ1v) is 5.85. The summed E-state index contributed by atoms with van der Waals surface area (Å²) in [4.78, 5) is 24.1. The Kier molecular flexibility index (Phi) is 3.18. The van der Waals surface area contributed by atoms with Gasteiger partial charge in [-0.25, -0.2) is 0 Å². The highest BCUT2D eigenvalue weighted by molar-refractivity contribution is 5.96. The minimum Gasteiger partial charge on any atom is -0.393 e. The number of nitrogen functional groups attached to an aromatic ring is 1. The van der Waals surface area contributed by atoms with Crippen LogP contribution in [0.3, 0.4) is 0 Å². The number of benzene rings is 1. The van der Waals surface area contributed by atoms with Crippen LogP contribution in [0.25, 0.3) is 0 Å². The molecule has 6 heteroatoms. The van der Waals surface area contributed by atoms with E-state index in [1.54, 1.807) is 4.90 Å². The molecule has 1 aliphatic rings. The maximum Gasteiger partial charge on any atom is 0.292 e. The van der Waals surface area contributed by atoms with Gasteiger partial charge in [-0.05, 0) is 31.9 Å². The zero-order chi connectivity index (χ0) is 13.3. The van der Waals surface area contributed by atoms with Crippen LogP contribution >= 0.6 is 0 Å². The highest BCUT2D eigenvalue weighted by Crippen LogP contribution is 2.25. The third kappa shape index (κ3) is 2.13. The summed E-state index contributed by atoms with van der Waals surface area (Å²) in [5.74, 6) is -0.110. The van der Waals surface area contributed by atoms with E-state index in [2.05, 4.69) is 0 Å². The Labute approximate surface area is 105 Å². The second-order valence-electron chi connectivity index (χ2n) is 4.52. The molecule has 0 radical (unpaired) electrons. The van der Waals surface area contributed by atoms with Crippen molar-refractivity contribution in [1.29, 1.82) is 0 Å². The Morgan fingerprint density at radius 1 is 1.56 bits per heavy atom. The molecule has 1 aliphatic heterocycles. The second-order valence-corrected chi connectivity index (χ2v) is 4.52. The maximum absolute atomic E-state index is 12.2. The molecule has 1 aromatic carbocycles. The summed E-state index contributed by atoms with van der Waals surface area (Å²) in [6, 6.07) is 4.34. The Balaban J connectivity index is 2.26. The van der Waals surface area contributed by atoms with Crippen LogP contribution in [0, 0.1) is 10.1 Å². The fourth-order valence-corrected chi connectivity index (χ4v) is 2.25. The molecule has 1 atom stereocenters. The molecule has 6 nitrogen and oxygen atoms in total. The fourth-order valence-electron chi connectivity index (χ4n) is 2.25. The number of carbonyl (C=O) groups is 1. The average Bonchev–Trinajstić information content (AvgIpc) is 2.74. The molecule has 2 N–H and O–H groups in total. The van der Waals surface area contributed by atoms with E-state index in [1.807, 2.05) is 6.92 Å². The van der Waals surface area contributed by atoms with Gasteiger partial charge in [0.25, 0.3) is 11.6 Å². The lowest BCUT2D eigenvalue weighted by molar-refractivity contribution is -0.383. The molecule has 1 saturated heterocycles. The Morgan fingerprint density at radius 3 is 2.78 bits per heavy atom. The number of amides is 1. The molecule has 0 saturated carbocycles. The van der Waals surface area contributed by atoms with Gasteiger partial charge in [0.15, 0.2) is 0 Å². The van der Waals surface area contributed by atoms with Crippen molar-refractivity contribution in [3.8, 4) is 0 Å². The molecule has 1 unspecified atom stereocenters. The summed E-state index contributed by atoms with van der Waals surface area (Å²) < 4.78 is 0. The maximum atomic E-state index is 12.2. The number of hydrogen-bond acceptors (Lipinski definition) is 4. The number of nitrogens with zero attached hydrogens (tertiary/aromatic N) is 2. The zero-order valence-corrected chi connectivity index (χ0v) is 10.1. The Bertz CT molecular complexity index is 501. The second kappa shape index (κ2) is 4.64. The van der Waals surface area contributed by atoms with Crippen LogP contribution < -0.4 is 5.73 Å². The number of nitrogens with two attached hydrogens (primary N) is 1. The lowest BCUT2D eigenvalue weighted by Gasteiger charge is -2.21. The fraction of sp³-hybridized carbons (Fsp3) is 0.417. The van der Waals surface area contributed by atoms with Crippen LogP contribution in [-0.4, -0.2) is 28.3 Å². The molecule has 18 heavy (non-hydrogen) atoms. The zero-order valence-electron chi connectivity index (χ0n) is 10.1. The van der Waals surface area contributed by atoms with Crippen molar-refractivity contribution >= 4 is 17.3 Å². The normalized spacial score (nSPS) is 18.9. The van der Waals surface area contributed by atoms with Gasteiger partial charge < -0.3 is 10.6 Å². The summed E-state index contributed by atoms with van der Waals surface area (Å²) >= 11 is 0. The lowest BCUT2D eigenvalue weighted by atomic mass is 10.1. The minimum atomic E-state index is -0.554. The third-order valence-electron chi connectivity index (χ3n) is 3.29. The molecule has 1 fully saturated rings. The molecule has 96 valence electrons. The predicted octanol–water partition coefficient (Wildman–Crippen LogP) is 1.80. The number of nitro benzene ring substituents is 1. The third-order valence-corrected chi connectivity index (χ3v) is 3.29. The molecular weight excluding hydrogens is 234 g/mol. The average molecular weight is 249 g/mol. The van der Waals surface area contributed by atoms with Crippen molar-refractivity contribution < 1.29 is 9.72 Å². The summed E-state index contributed by atoms with van der Waals surface area (Å²) in [7, 11) is 0. The first-order chi connectivity index (χ1) is 8.50. The van der Waals surface area contributed by atoms with Crippen LogP contribution in [0.5, 0.6) is 0 Å². The molecule has 1 heterocycles. The highest BCUT2D eigenvalue weighted by Gasteiger charge is 2.26. The molecule has 2 rings (SSSR count). The van der Waals surface area contributed by atoms with E-state index in [0.717, 1.165) is 19.4 Å². The van der Waals surface area contributed by atoms with Gasteiger partial charge >= 0.3 is 0 Å². The van der Waals surface area contributed by atoms with Crippen LogP contribution in [-0.2, 0) is 0 Å². The molecule has 1 amide bonds. The number of rotatable bonds is 2. The van der Waals surface area contributed by atoms with Gasteiger partial charge in [0, 0.05) is 24.2 Å². The number of nitro groups is 1. The van der Waals surface area contributed by atoms with Gasteiger partial charge in [-0.3, -0.25) is 14.9 Å². The van der Waals surface area contributed by atoms with E-state index in [-0.39, 0.29) is 23.3 Å². The van der Waals surface area contributed by atoms with Crippen molar-refractivity contribution in [2.24, 2.45) is 0 Å². The number of anilines is 1. The SMILES string of the molecule is CC1CCCN1C(=O)c1ccc([N+](=O)[O-])c(N)c1. The van der Waals surface area contributed by atoms with E-state index >= 15 is 0 Å². The highest BCUT2D eigenvalue weighted by atomic mass is 16.6. The molecule has 0 aliphatic carbocycles. The van der Waals surface area contributed by atoms with Gasteiger partial charge in [-0.2, -0.15) is 0 Å². The Morgan fingerprint density at radius 2 is 2.28 bits per heavy atom. The smallest absolute Gasteiger partial charge is 0.292 e. The number of likely N-dealkylation sites (tertiary alicyclic amines) is 1. The number of hydrogen-bond donors (Lipinski definition) is 1. The molecule has 1 aromatic rings. The summed E-state index contributed by atoms with van der Waals surface area (Å²) in [5.41, 5.74) is 5.85. The van der Waals surface area contributed by atoms with Crippen LogP contribution in [0.1, 0.15) is 30.1 Å². The van der Waals surface area contributed by atoms with E-state index in [9.17, 15) is 14.9 Å². The first-order valence-electron chi connectivity index (χ1n) is 5.85. The summed E-state index contributed by atoms with van der Waals surface area (Å²) in [6.45, 7) is 2.73. The van der Waals surface area contributed by atoms with Crippen LogP contribution in [0.2, 0.25) is 0 Å².